The van der Waals surface area contributed by atoms with Gasteiger partial charge in [-0.15, -0.1) is 0 Å². The lowest BCUT2D eigenvalue weighted by Crippen LogP contribution is -2.53. The molecular formula is C37H42N2O6. The van der Waals surface area contributed by atoms with Crippen LogP contribution in [0.4, 0.5) is 9.59 Å². The fraction of sp³-hybridized carbons (Fsp3) is 0.351. The van der Waals surface area contributed by atoms with Crippen molar-refractivity contribution < 1.29 is 28.9 Å². The molecule has 1 fully saturated rings. The van der Waals surface area contributed by atoms with Crippen LogP contribution in [0.1, 0.15) is 48.9 Å². The lowest BCUT2D eigenvalue weighted by atomic mass is 9.78. The van der Waals surface area contributed by atoms with Gasteiger partial charge in [-0.05, 0) is 59.9 Å². The Labute approximate surface area is 264 Å². The molecule has 3 atom stereocenters. The average Bonchev–Trinajstić information content (AvgIpc) is 3.04. The molecule has 8 nitrogen and oxygen atoms in total. The maximum Gasteiger partial charge on any atom is 0.410 e. The number of benzene rings is 4. The van der Waals surface area contributed by atoms with E-state index < -0.39 is 17.8 Å². The molecular weight excluding hydrogens is 568 g/mol. The molecule has 1 saturated heterocycles. The second-order valence-electron chi connectivity index (χ2n) is 12.5. The van der Waals surface area contributed by atoms with Gasteiger partial charge in [-0.2, -0.15) is 0 Å². The van der Waals surface area contributed by atoms with Crippen LogP contribution in [0, 0.1) is 5.92 Å². The molecule has 4 aromatic rings. The summed E-state index contributed by atoms with van der Waals surface area (Å²) >= 11 is 0. The highest BCUT2D eigenvalue weighted by Crippen LogP contribution is 2.36. The third kappa shape index (κ3) is 8.84. The number of nitrogens with one attached hydrogen (secondary N) is 1. The summed E-state index contributed by atoms with van der Waals surface area (Å²) in [5.74, 6) is -0.433. The van der Waals surface area contributed by atoms with Crippen molar-refractivity contribution in [3.05, 3.63) is 119 Å². The molecule has 4 aromatic carbocycles. The Morgan fingerprint density at radius 3 is 2.22 bits per heavy atom. The highest BCUT2D eigenvalue weighted by molar-refractivity contribution is 5.83. The molecule has 45 heavy (non-hydrogen) atoms. The largest absolute Gasteiger partial charge is 0.445 e. The predicted octanol–water partition coefficient (Wildman–Crippen LogP) is 6.79. The number of ether oxygens (including phenoxy) is 3. The van der Waals surface area contributed by atoms with Crippen LogP contribution in [0.2, 0.25) is 0 Å². The predicted molar refractivity (Wildman–Crippen MR) is 174 cm³/mol. The molecule has 1 aliphatic heterocycles. The third-order valence-electron chi connectivity index (χ3n) is 7.94. The van der Waals surface area contributed by atoms with Crippen LogP contribution in [0.25, 0.3) is 10.8 Å². The van der Waals surface area contributed by atoms with Gasteiger partial charge < -0.3 is 29.5 Å². The fourth-order valence-electron chi connectivity index (χ4n) is 5.73. The number of fused-ring (bicyclic) bond motifs is 1. The fourth-order valence-corrected chi connectivity index (χ4v) is 5.73. The Morgan fingerprint density at radius 1 is 0.822 bits per heavy atom. The average molecular weight is 611 g/mol. The molecule has 0 aromatic heterocycles. The number of aliphatic hydroxyl groups excluding tert-OH is 1. The molecule has 2 N–H and O–H groups in total. The molecule has 0 radical (unpaired) electrons. The van der Waals surface area contributed by atoms with Gasteiger partial charge in [0.25, 0.3) is 0 Å². The Kier molecular flexibility index (Phi) is 10.4. The van der Waals surface area contributed by atoms with Crippen molar-refractivity contribution in [3.8, 4) is 0 Å². The summed E-state index contributed by atoms with van der Waals surface area (Å²) < 4.78 is 17.7. The van der Waals surface area contributed by atoms with Crippen molar-refractivity contribution in [1.29, 1.82) is 0 Å². The summed E-state index contributed by atoms with van der Waals surface area (Å²) in [6.07, 6.45) is -1.29. The lowest BCUT2D eigenvalue weighted by Gasteiger charge is -2.43. The highest BCUT2D eigenvalue weighted by Gasteiger charge is 2.41. The van der Waals surface area contributed by atoms with E-state index in [2.05, 4.69) is 35.6 Å². The minimum atomic E-state index is -0.638. The van der Waals surface area contributed by atoms with Crippen molar-refractivity contribution in [3.63, 3.8) is 0 Å². The van der Waals surface area contributed by atoms with Crippen LogP contribution in [-0.2, 0) is 34.0 Å². The van der Waals surface area contributed by atoms with Gasteiger partial charge in [-0.25, -0.2) is 9.59 Å². The van der Waals surface area contributed by atoms with E-state index in [-0.39, 0.29) is 31.2 Å². The Bertz CT molecular complexity index is 1570. The van der Waals surface area contributed by atoms with Gasteiger partial charge in [0.2, 0.25) is 0 Å². The molecule has 0 spiro atoms. The second kappa shape index (κ2) is 14.6. The summed E-state index contributed by atoms with van der Waals surface area (Å²) in [5.41, 5.74) is 3.21. The molecule has 5 rings (SSSR count). The number of nitrogens with zero attached hydrogens (tertiary/aromatic N) is 1. The number of amides is 2. The number of hydrogen-bond donors (Lipinski definition) is 2. The van der Waals surface area contributed by atoms with Crippen LogP contribution in [-0.4, -0.2) is 53.6 Å². The number of hydrogen-bond acceptors (Lipinski definition) is 6. The van der Waals surface area contributed by atoms with Crippen LogP contribution in [0.5, 0.6) is 0 Å². The van der Waals surface area contributed by atoms with Crippen molar-refractivity contribution in [1.82, 2.24) is 10.2 Å². The van der Waals surface area contributed by atoms with Gasteiger partial charge in [0.1, 0.15) is 12.2 Å². The minimum absolute atomic E-state index is 0.119. The summed E-state index contributed by atoms with van der Waals surface area (Å²) in [7, 11) is 0. The topological polar surface area (TPSA) is 97.3 Å². The van der Waals surface area contributed by atoms with Gasteiger partial charge >= 0.3 is 12.2 Å². The maximum atomic E-state index is 13.1. The van der Waals surface area contributed by atoms with E-state index in [0.717, 1.165) is 33.0 Å². The van der Waals surface area contributed by atoms with Crippen molar-refractivity contribution >= 4 is 23.0 Å². The van der Waals surface area contributed by atoms with Gasteiger partial charge in [-0.1, -0.05) is 91.0 Å². The first-order valence-electron chi connectivity index (χ1n) is 15.4. The first kappa shape index (κ1) is 32.0. The van der Waals surface area contributed by atoms with Gasteiger partial charge in [-0.3, -0.25) is 0 Å². The van der Waals surface area contributed by atoms with Crippen LogP contribution < -0.4 is 5.32 Å². The number of carbonyl (C=O) groups excluding carboxylic acids is 2. The Balaban J connectivity index is 1.29. The van der Waals surface area contributed by atoms with Gasteiger partial charge in [0.05, 0.1) is 19.3 Å². The van der Waals surface area contributed by atoms with Crippen molar-refractivity contribution in [2.24, 2.45) is 5.92 Å². The quantitative estimate of drug-likeness (QED) is 0.217. The molecule has 2 amide bonds. The number of carbonyl (C=O) groups is 2. The monoisotopic (exact) mass is 610 g/mol. The normalized spacial score (nSPS) is 18.4. The maximum absolute atomic E-state index is 13.1. The smallest absolute Gasteiger partial charge is 0.410 e. The van der Waals surface area contributed by atoms with Crippen LogP contribution in [0.3, 0.4) is 0 Å². The summed E-state index contributed by atoms with van der Waals surface area (Å²) in [6, 6.07) is 31.9. The molecule has 1 aliphatic rings. The molecule has 0 aliphatic carbocycles. The van der Waals surface area contributed by atoms with E-state index in [4.69, 9.17) is 14.2 Å². The van der Waals surface area contributed by atoms with E-state index in [0.29, 0.717) is 26.2 Å². The van der Waals surface area contributed by atoms with E-state index in [1.165, 1.54) is 0 Å². The second-order valence-corrected chi connectivity index (χ2v) is 12.5. The number of piperidine rings is 1. The minimum Gasteiger partial charge on any atom is -0.445 e. The molecule has 0 saturated carbocycles. The molecule has 3 unspecified atom stereocenters. The summed E-state index contributed by atoms with van der Waals surface area (Å²) in [5, 5.41) is 15.6. The molecule has 0 bridgehead atoms. The molecule has 8 heteroatoms. The third-order valence-corrected chi connectivity index (χ3v) is 7.94. The van der Waals surface area contributed by atoms with Crippen LogP contribution >= 0.6 is 0 Å². The first-order valence-corrected chi connectivity index (χ1v) is 15.4. The zero-order valence-electron chi connectivity index (χ0n) is 26.1. The lowest BCUT2D eigenvalue weighted by molar-refractivity contribution is -0.0600. The van der Waals surface area contributed by atoms with Crippen molar-refractivity contribution in [2.45, 2.75) is 58.2 Å². The van der Waals surface area contributed by atoms with E-state index >= 15 is 0 Å². The number of likely N-dealkylation sites (tertiary alicyclic amines) is 1. The number of rotatable bonds is 9. The summed E-state index contributed by atoms with van der Waals surface area (Å²) in [6.45, 7) is 6.96. The SMILES string of the molecule is CC(C)(C)OC(=O)N1CC(CO)C(c2ccc(COC(=O)NCc3ccccc3)cc2)C(OCc2ccc3ccccc3c2)C1. The Hall–Kier alpha value is -4.40. The molecule has 236 valence electrons. The summed E-state index contributed by atoms with van der Waals surface area (Å²) in [4.78, 5) is 27.0. The first-order chi connectivity index (χ1) is 21.7. The Morgan fingerprint density at radius 2 is 1.51 bits per heavy atom. The van der Waals surface area contributed by atoms with Crippen LogP contribution in [0.15, 0.2) is 97.1 Å². The van der Waals surface area contributed by atoms with Gasteiger partial charge in [0, 0.05) is 31.5 Å². The number of alkyl carbamates (subject to hydrolysis) is 1. The highest BCUT2D eigenvalue weighted by atomic mass is 16.6. The van der Waals surface area contributed by atoms with Crippen molar-refractivity contribution in [2.75, 3.05) is 19.7 Å². The molecule has 1 heterocycles. The van der Waals surface area contributed by atoms with E-state index in [1.54, 1.807) is 4.90 Å². The zero-order chi connectivity index (χ0) is 31.8. The van der Waals surface area contributed by atoms with E-state index in [1.807, 2.05) is 87.5 Å². The number of aliphatic hydroxyl groups is 1. The van der Waals surface area contributed by atoms with Gasteiger partial charge in [0.15, 0.2) is 0 Å². The standard InChI is InChI=1S/C37H42N2O6/c1-37(2,3)45-36(42)39-21-32(23-40)34(33(22-39)43-25-28-15-16-29-11-7-8-12-31(29)19-28)30-17-13-27(14-18-30)24-44-35(41)38-20-26-9-5-4-6-10-26/h4-19,32-34,40H,20-25H2,1-3H3,(H,38,41). The van der Waals surface area contributed by atoms with E-state index in [9.17, 15) is 14.7 Å². The zero-order valence-corrected chi connectivity index (χ0v) is 26.1.